The second kappa shape index (κ2) is 9.39. The molecule has 0 aliphatic carbocycles. The molecule has 0 radical (unpaired) electrons. The Morgan fingerprint density at radius 1 is 1.41 bits per heavy atom. The molecule has 7 nitrogen and oxygen atoms in total. The lowest BCUT2D eigenvalue weighted by Crippen LogP contribution is -2.32. The second-order valence-corrected chi connectivity index (χ2v) is 7.51. The van der Waals surface area contributed by atoms with Gasteiger partial charge in [0.2, 0.25) is 5.91 Å². The van der Waals surface area contributed by atoms with Crippen LogP contribution >= 0.6 is 23.1 Å². The number of nitriles is 1. The van der Waals surface area contributed by atoms with Crippen molar-refractivity contribution in [1.82, 2.24) is 19.7 Å². The summed E-state index contributed by atoms with van der Waals surface area (Å²) in [4.78, 5) is 15.4. The van der Waals surface area contributed by atoms with Crippen LogP contribution in [0.3, 0.4) is 0 Å². The smallest absolute Gasteiger partial charge is 0.233 e. The molecule has 3 heterocycles. The molecule has 140 valence electrons. The average Bonchev–Trinajstić information content (AvgIpc) is 3.44. The van der Waals surface area contributed by atoms with Crippen molar-refractivity contribution in [2.45, 2.75) is 31.6 Å². The molecule has 0 atom stereocenters. The first-order chi connectivity index (χ1) is 13.2. The number of hydrogen-bond acceptors (Lipinski definition) is 7. The van der Waals surface area contributed by atoms with Crippen LogP contribution < -0.4 is 0 Å². The molecule has 0 aliphatic rings. The third-order valence-electron chi connectivity index (χ3n) is 3.87. The van der Waals surface area contributed by atoms with Crippen molar-refractivity contribution in [3.63, 3.8) is 0 Å². The molecule has 0 fully saturated rings. The topological polar surface area (TPSA) is 88.0 Å². The van der Waals surface area contributed by atoms with Crippen molar-refractivity contribution in [1.29, 1.82) is 5.26 Å². The third kappa shape index (κ3) is 4.78. The fourth-order valence-electron chi connectivity index (χ4n) is 2.55. The Labute approximate surface area is 165 Å². The van der Waals surface area contributed by atoms with E-state index in [4.69, 9.17) is 9.68 Å². The molecule has 0 unspecified atom stereocenters. The number of aromatic nitrogens is 3. The van der Waals surface area contributed by atoms with Crippen LogP contribution in [0, 0.1) is 11.3 Å². The van der Waals surface area contributed by atoms with Crippen molar-refractivity contribution < 1.29 is 9.21 Å². The van der Waals surface area contributed by atoms with Crippen molar-refractivity contribution in [3.05, 3.63) is 41.7 Å². The van der Waals surface area contributed by atoms with Crippen LogP contribution in [0.5, 0.6) is 0 Å². The fraction of sp³-hybridized carbons (Fsp3) is 0.333. The molecule has 3 aromatic rings. The minimum absolute atomic E-state index is 0.0602. The summed E-state index contributed by atoms with van der Waals surface area (Å²) in [5.74, 6) is 1.69. The average molecular weight is 402 g/mol. The lowest BCUT2D eigenvalue weighted by Gasteiger charge is -2.20. The van der Waals surface area contributed by atoms with Crippen molar-refractivity contribution >= 4 is 29.0 Å². The van der Waals surface area contributed by atoms with E-state index in [-0.39, 0.29) is 18.1 Å². The van der Waals surface area contributed by atoms with E-state index in [1.807, 2.05) is 35.1 Å². The lowest BCUT2D eigenvalue weighted by molar-refractivity contribution is -0.129. The maximum atomic E-state index is 12.7. The second-order valence-electron chi connectivity index (χ2n) is 5.62. The van der Waals surface area contributed by atoms with Gasteiger partial charge >= 0.3 is 0 Å². The van der Waals surface area contributed by atoms with Gasteiger partial charge in [-0.25, -0.2) is 0 Å². The summed E-state index contributed by atoms with van der Waals surface area (Å²) in [5.41, 5.74) is 0. The maximum absolute atomic E-state index is 12.7. The number of thiophene rings is 1. The van der Waals surface area contributed by atoms with E-state index in [2.05, 4.69) is 16.3 Å². The van der Waals surface area contributed by atoms with E-state index in [1.165, 1.54) is 11.8 Å². The molecule has 0 bridgehead atoms. The standard InChI is InChI=1S/C18H19N5O2S2/c1-2-23-17(15-7-4-11-26-15)20-21-18(23)27-13-16(24)22(9-5-8-19)12-14-6-3-10-25-14/h3-4,6-7,10-11H,2,5,9,12-13H2,1H3. The molecule has 0 saturated carbocycles. The quantitative estimate of drug-likeness (QED) is 0.509. The summed E-state index contributed by atoms with van der Waals surface area (Å²) in [6.45, 7) is 3.48. The molecule has 0 saturated heterocycles. The van der Waals surface area contributed by atoms with Crippen LogP contribution in [0.4, 0.5) is 0 Å². The molecule has 3 aromatic heterocycles. The zero-order valence-electron chi connectivity index (χ0n) is 14.9. The van der Waals surface area contributed by atoms with Gasteiger partial charge in [-0.3, -0.25) is 4.79 Å². The number of hydrogen-bond donors (Lipinski definition) is 0. The highest BCUT2D eigenvalue weighted by atomic mass is 32.2. The predicted molar refractivity (Wildman–Crippen MR) is 104 cm³/mol. The molecule has 0 spiro atoms. The fourth-order valence-corrected chi connectivity index (χ4v) is 4.18. The molecule has 0 N–H and O–H groups in total. The molecule has 1 amide bonds. The Morgan fingerprint density at radius 3 is 2.96 bits per heavy atom. The zero-order chi connectivity index (χ0) is 19.1. The number of nitrogens with zero attached hydrogens (tertiary/aromatic N) is 5. The monoisotopic (exact) mass is 401 g/mol. The first-order valence-electron chi connectivity index (χ1n) is 8.50. The van der Waals surface area contributed by atoms with Gasteiger partial charge in [0.25, 0.3) is 0 Å². The first kappa shape index (κ1) is 19.2. The Morgan fingerprint density at radius 2 is 2.30 bits per heavy atom. The summed E-state index contributed by atoms with van der Waals surface area (Å²) in [7, 11) is 0. The number of rotatable bonds is 9. The van der Waals surface area contributed by atoms with Crippen LogP contribution in [-0.2, 0) is 17.9 Å². The minimum Gasteiger partial charge on any atom is -0.467 e. The van der Waals surface area contributed by atoms with E-state index in [0.29, 0.717) is 24.0 Å². The number of carbonyl (C=O) groups excluding carboxylic acids is 1. The predicted octanol–water partition coefficient (Wildman–Crippen LogP) is 3.65. The number of thioether (sulfide) groups is 1. The highest BCUT2D eigenvalue weighted by Crippen LogP contribution is 2.27. The Balaban J connectivity index is 1.67. The molecule has 0 aliphatic heterocycles. The highest BCUT2D eigenvalue weighted by Gasteiger charge is 2.19. The molecular weight excluding hydrogens is 382 g/mol. The van der Waals surface area contributed by atoms with Gasteiger partial charge in [0.05, 0.1) is 35.9 Å². The van der Waals surface area contributed by atoms with E-state index in [9.17, 15) is 4.79 Å². The summed E-state index contributed by atoms with van der Waals surface area (Å²) in [6.07, 6.45) is 1.86. The zero-order valence-corrected chi connectivity index (χ0v) is 16.5. The maximum Gasteiger partial charge on any atom is 0.233 e. The molecular formula is C18H19N5O2S2. The molecule has 0 aromatic carbocycles. The van der Waals surface area contributed by atoms with Crippen molar-refractivity contribution in [2.24, 2.45) is 0 Å². The summed E-state index contributed by atoms with van der Waals surface area (Å²) < 4.78 is 7.34. The van der Waals surface area contributed by atoms with Crippen LogP contribution in [0.25, 0.3) is 10.7 Å². The Kier molecular flexibility index (Phi) is 6.68. The SMILES string of the molecule is CCn1c(SCC(=O)N(CCC#N)Cc2ccco2)nnc1-c1cccs1. The van der Waals surface area contributed by atoms with Gasteiger partial charge in [-0.1, -0.05) is 17.8 Å². The molecule has 9 heteroatoms. The summed E-state index contributed by atoms with van der Waals surface area (Å²) in [6, 6.07) is 9.68. The van der Waals surface area contributed by atoms with Gasteiger partial charge in [0.1, 0.15) is 5.76 Å². The van der Waals surface area contributed by atoms with E-state index >= 15 is 0 Å². The van der Waals surface area contributed by atoms with Gasteiger partial charge in [-0.05, 0) is 30.5 Å². The Bertz CT molecular complexity index is 897. The normalized spacial score (nSPS) is 10.7. The minimum atomic E-state index is -0.0602. The van der Waals surface area contributed by atoms with Crippen molar-refractivity contribution in [3.8, 4) is 16.8 Å². The number of carbonyl (C=O) groups is 1. The van der Waals surface area contributed by atoms with E-state index in [0.717, 1.165) is 17.2 Å². The van der Waals surface area contributed by atoms with Gasteiger partial charge < -0.3 is 13.9 Å². The third-order valence-corrected chi connectivity index (χ3v) is 5.69. The largest absolute Gasteiger partial charge is 0.467 e. The van der Waals surface area contributed by atoms with Crippen molar-refractivity contribution in [2.75, 3.05) is 12.3 Å². The van der Waals surface area contributed by atoms with Gasteiger partial charge in [-0.2, -0.15) is 5.26 Å². The van der Waals surface area contributed by atoms with Gasteiger partial charge in [0.15, 0.2) is 11.0 Å². The molecule has 3 rings (SSSR count). The van der Waals surface area contributed by atoms with E-state index < -0.39 is 0 Å². The van der Waals surface area contributed by atoms with Gasteiger partial charge in [0, 0.05) is 13.1 Å². The molecule has 27 heavy (non-hydrogen) atoms. The summed E-state index contributed by atoms with van der Waals surface area (Å²) in [5, 5.41) is 20.1. The number of furan rings is 1. The highest BCUT2D eigenvalue weighted by molar-refractivity contribution is 7.99. The lowest BCUT2D eigenvalue weighted by atomic mass is 10.3. The van der Waals surface area contributed by atoms with Crippen LogP contribution in [0.15, 0.2) is 45.5 Å². The van der Waals surface area contributed by atoms with Gasteiger partial charge in [-0.15, -0.1) is 21.5 Å². The van der Waals surface area contributed by atoms with E-state index in [1.54, 1.807) is 28.6 Å². The van der Waals surface area contributed by atoms with Crippen LogP contribution in [-0.4, -0.2) is 37.9 Å². The Hall–Kier alpha value is -2.57. The number of amides is 1. The van der Waals surface area contributed by atoms with Crippen LogP contribution in [0.2, 0.25) is 0 Å². The summed E-state index contributed by atoms with van der Waals surface area (Å²) >= 11 is 2.97. The van der Waals surface area contributed by atoms with Crippen LogP contribution in [0.1, 0.15) is 19.1 Å². The first-order valence-corrected chi connectivity index (χ1v) is 10.4.